The second-order valence-corrected chi connectivity index (χ2v) is 15.2. The van der Waals surface area contributed by atoms with Crippen LogP contribution in [0.5, 0.6) is 0 Å². The fraction of sp³-hybridized carbons (Fsp3) is 0.283. The van der Waals surface area contributed by atoms with E-state index in [0.29, 0.717) is 83.3 Å². The molecule has 2 aliphatic heterocycles. The van der Waals surface area contributed by atoms with E-state index >= 15 is 0 Å². The number of oxazole rings is 1. The molecular formula is C46H46N8O8. The summed E-state index contributed by atoms with van der Waals surface area (Å²) in [6.07, 6.45) is 2.72. The van der Waals surface area contributed by atoms with Gasteiger partial charge in [-0.2, -0.15) is 0 Å². The number of hydrogen-bond donors (Lipinski definition) is 4. The molecule has 62 heavy (non-hydrogen) atoms. The maximum absolute atomic E-state index is 14.0. The van der Waals surface area contributed by atoms with Crippen molar-refractivity contribution >= 4 is 46.6 Å². The summed E-state index contributed by atoms with van der Waals surface area (Å²) in [6, 6.07) is 26.1. The predicted molar refractivity (Wildman–Crippen MR) is 228 cm³/mol. The van der Waals surface area contributed by atoms with E-state index in [1.807, 2.05) is 67.6 Å². The van der Waals surface area contributed by atoms with E-state index < -0.39 is 36.2 Å². The first-order valence-electron chi connectivity index (χ1n) is 20.4. The molecule has 2 fully saturated rings. The van der Waals surface area contributed by atoms with Crippen LogP contribution in [0.15, 0.2) is 108 Å². The molecule has 2 saturated heterocycles. The van der Waals surface area contributed by atoms with Gasteiger partial charge < -0.3 is 44.6 Å². The Morgan fingerprint density at radius 3 is 2.03 bits per heavy atom. The number of carbonyl (C=O) groups is 5. The van der Waals surface area contributed by atoms with Crippen molar-refractivity contribution in [3.05, 3.63) is 126 Å². The van der Waals surface area contributed by atoms with Gasteiger partial charge in [0.1, 0.15) is 23.9 Å². The number of aromatic amines is 1. The summed E-state index contributed by atoms with van der Waals surface area (Å²) in [5, 5.41) is 8.35. The highest BCUT2D eigenvalue weighted by atomic mass is 16.5. The van der Waals surface area contributed by atoms with Crippen molar-refractivity contribution in [1.82, 2.24) is 35.4 Å². The van der Waals surface area contributed by atoms with Gasteiger partial charge in [0.25, 0.3) is 11.8 Å². The first-order chi connectivity index (χ1) is 30.1. The molecule has 16 heteroatoms. The highest BCUT2D eigenvalue weighted by Gasteiger charge is 2.39. The van der Waals surface area contributed by atoms with Crippen LogP contribution < -0.4 is 16.0 Å². The number of benzene rings is 4. The van der Waals surface area contributed by atoms with Gasteiger partial charge in [0.15, 0.2) is 5.76 Å². The van der Waals surface area contributed by atoms with E-state index in [1.165, 1.54) is 19.1 Å². The van der Waals surface area contributed by atoms with Gasteiger partial charge in [-0.25, -0.2) is 19.6 Å². The maximum atomic E-state index is 14.0. The molecule has 4 atom stereocenters. The molecule has 0 saturated carbocycles. The summed E-state index contributed by atoms with van der Waals surface area (Å²) in [6.45, 7) is 2.74. The van der Waals surface area contributed by atoms with E-state index in [9.17, 15) is 24.0 Å². The molecule has 4 aromatic carbocycles. The number of likely N-dealkylation sites (tertiary alicyclic amines) is 2. The second kappa shape index (κ2) is 18.0. The monoisotopic (exact) mass is 838 g/mol. The Hall–Kier alpha value is -7.49. The summed E-state index contributed by atoms with van der Waals surface area (Å²) in [5.74, 6) is 0.474. The molecule has 0 spiro atoms. The quantitative estimate of drug-likeness (QED) is 0.106. The van der Waals surface area contributed by atoms with Crippen molar-refractivity contribution in [1.29, 1.82) is 0 Å². The Labute approximate surface area is 357 Å². The molecule has 6 aromatic rings. The van der Waals surface area contributed by atoms with Crippen LogP contribution in [0.2, 0.25) is 0 Å². The molecule has 0 aliphatic carbocycles. The standard InChI is InChI=1S/C46H46N8O8/c1-27-18-19-30(24-33(27)50-41(55)36-17-11-23-54(36)44(57)39(52-46(59)61-3)29-14-8-5-9-15-29)37-26-47-42(62-37)31-20-21-32-34(25-31)49-40(48-32)35-16-10-22-53(35)43(56)38(51-45(58)60-2)28-12-6-4-7-13-28/h4-9,12-15,18-21,24-26,35-36,38-39H,10-11,16-17,22-23H2,1-3H3,(H,48,49)(H,50,55)(H,51,58)(H,52,59)/t35-,36-,38+,39+/m0/s1. The van der Waals surface area contributed by atoms with Gasteiger partial charge in [0.05, 0.1) is 37.5 Å². The van der Waals surface area contributed by atoms with E-state index in [1.54, 1.807) is 47.5 Å². The van der Waals surface area contributed by atoms with E-state index in [0.717, 1.165) is 17.5 Å². The van der Waals surface area contributed by atoms with E-state index in [2.05, 4.69) is 25.9 Å². The number of aromatic nitrogens is 3. The van der Waals surface area contributed by atoms with E-state index in [-0.39, 0.29) is 17.9 Å². The first kappa shape index (κ1) is 41.3. The number of alkyl carbamates (subject to hydrolysis) is 2. The van der Waals surface area contributed by atoms with Crippen LogP contribution in [0.1, 0.15) is 66.3 Å². The number of anilines is 1. The predicted octanol–water partition coefficient (Wildman–Crippen LogP) is 6.98. The third-order valence-corrected chi connectivity index (χ3v) is 11.4. The third-order valence-electron chi connectivity index (χ3n) is 11.4. The lowest BCUT2D eigenvalue weighted by atomic mass is 10.0. The molecule has 4 N–H and O–H groups in total. The minimum absolute atomic E-state index is 0.256. The number of imidazole rings is 1. The number of rotatable bonds is 11. The molecule has 4 heterocycles. The van der Waals surface area contributed by atoms with E-state index in [4.69, 9.17) is 18.9 Å². The van der Waals surface area contributed by atoms with Gasteiger partial charge in [-0.15, -0.1) is 0 Å². The molecular weight excluding hydrogens is 793 g/mol. The highest BCUT2D eigenvalue weighted by Crippen LogP contribution is 2.36. The zero-order valence-electron chi connectivity index (χ0n) is 34.4. The minimum atomic E-state index is -1.02. The van der Waals surface area contributed by atoms with Crippen molar-refractivity contribution in [2.45, 2.75) is 56.8 Å². The number of hydrogen-bond acceptors (Lipinski definition) is 10. The Bertz CT molecular complexity index is 2610. The molecule has 0 radical (unpaired) electrons. The number of nitrogens with one attached hydrogen (secondary N) is 4. The number of amides is 5. The molecule has 5 amide bonds. The third kappa shape index (κ3) is 8.57. The second-order valence-electron chi connectivity index (χ2n) is 15.2. The van der Waals surface area contributed by atoms with Gasteiger partial charge >= 0.3 is 12.2 Å². The number of nitrogens with zero attached hydrogens (tertiary/aromatic N) is 4. The Kier molecular flexibility index (Phi) is 12.0. The summed E-state index contributed by atoms with van der Waals surface area (Å²) in [5.41, 5.74) is 5.40. The normalized spacial score (nSPS) is 17.0. The number of carbonyl (C=O) groups excluding carboxylic acids is 5. The largest absolute Gasteiger partial charge is 0.453 e. The summed E-state index contributed by atoms with van der Waals surface area (Å²) >= 11 is 0. The number of methoxy groups -OCH3 is 2. The van der Waals surface area contributed by atoms with Crippen molar-refractivity contribution in [2.24, 2.45) is 0 Å². The summed E-state index contributed by atoms with van der Waals surface area (Å²) < 4.78 is 15.9. The van der Waals surface area contributed by atoms with Crippen LogP contribution in [-0.2, 0) is 23.9 Å². The molecule has 16 nitrogen and oxygen atoms in total. The fourth-order valence-corrected chi connectivity index (χ4v) is 8.15. The van der Waals surface area contributed by atoms with Gasteiger partial charge in [-0.05, 0) is 73.6 Å². The van der Waals surface area contributed by atoms with Crippen molar-refractivity contribution in [3.63, 3.8) is 0 Å². The van der Waals surface area contributed by atoms with Crippen LogP contribution in [0.3, 0.4) is 0 Å². The Morgan fingerprint density at radius 1 is 0.758 bits per heavy atom. The lowest BCUT2D eigenvalue weighted by Crippen LogP contribution is -2.48. The van der Waals surface area contributed by atoms with Gasteiger partial charge in [-0.1, -0.05) is 72.8 Å². The topological polar surface area (TPSA) is 201 Å². The van der Waals surface area contributed by atoms with Crippen LogP contribution >= 0.6 is 0 Å². The lowest BCUT2D eigenvalue weighted by molar-refractivity contribution is -0.138. The average Bonchev–Trinajstić information content (AvgIpc) is 4.15. The van der Waals surface area contributed by atoms with Crippen molar-refractivity contribution in [3.8, 4) is 22.8 Å². The zero-order chi connectivity index (χ0) is 43.3. The Balaban J connectivity index is 0.973. The minimum Gasteiger partial charge on any atom is -0.453 e. The molecule has 2 aliphatic rings. The van der Waals surface area contributed by atoms with Crippen molar-refractivity contribution < 1.29 is 37.9 Å². The highest BCUT2D eigenvalue weighted by molar-refractivity contribution is 5.99. The smallest absolute Gasteiger partial charge is 0.407 e. The maximum Gasteiger partial charge on any atom is 0.407 e. The number of aryl methyl sites for hydroxylation is 1. The SMILES string of the molecule is COC(=O)N[C@@H](C(=O)N1CCC[C@H]1C(=O)Nc1cc(-c2cnc(-c3ccc4[nH]c([C@@H]5CCCN5C(=O)[C@H](NC(=O)OC)c5ccccc5)nc4c3)o2)ccc1C)c1ccccc1. The van der Waals surface area contributed by atoms with Crippen LogP contribution in [0.25, 0.3) is 33.8 Å². The zero-order valence-corrected chi connectivity index (χ0v) is 34.4. The number of fused-ring (bicyclic) bond motifs is 1. The lowest BCUT2D eigenvalue weighted by Gasteiger charge is -2.29. The van der Waals surface area contributed by atoms with Gasteiger partial charge in [0, 0.05) is 29.9 Å². The van der Waals surface area contributed by atoms with Crippen molar-refractivity contribution in [2.75, 3.05) is 32.6 Å². The number of H-pyrrole nitrogens is 1. The Morgan fingerprint density at radius 2 is 1.37 bits per heavy atom. The van der Waals surface area contributed by atoms with Gasteiger partial charge in [0.2, 0.25) is 11.8 Å². The average molecular weight is 839 g/mol. The number of ether oxygens (including phenoxy) is 2. The molecule has 0 bridgehead atoms. The molecule has 2 aromatic heterocycles. The first-order valence-corrected chi connectivity index (χ1v) is 20.4. The van der Waals surface area contributed by atoms with Gasteiger partial charge in [-0.3, -0.25) is 14.4 Å². The molecule has 0 unspecified atom stereocenters. The van der Waals surface area contributed by atoms with Crippen LogP contribution in [0.4, 0.5) is 15.3 Å². The summed E-state index contributed by atoms with van der Waals surface area (Å²) in [7, 11) is 2.49. The molecule has 318 valence electrons. The van der Waals surface area contributed by atoms with Crippen LogP contribution in [-0.4, -0.2) is 88.0 Å². The van der Waals surface area contributed by atoms with Crippen LogP contribution in [0, 0.1) is 6.92 Å². The molecule has 8 rings (SSSR count). The fourth-order valence-electron chi connectivity index (χ4n) is 8.15. The summed E-state index contributed by atoms with van der Waals surface area (Å²) in [4.78, 5) is 82.3.